The van der Waals surface area contributed by atoms with E-state index in [1.165, 1.54) is 5.56 Å². The van der Waals surface area contributed by atoms with E-state index in [2.05, 4.69) is 17.3 Å². The van der Waals surface area contributed by atoms with Crippen LogP contribution in [0.1, 0.15) is 54.6 Å². The smallest absolute Gasteiger partial charge is 0.222 e. The van der Waals surface area contributed by atoms with Gasteiger partial charge in [-0.1, -0.05) is 12.1 Å². The molecule has 32 heavy (non-hydrogen) atoms. The third-order valence-corrected chi connectivity index (χ3v) is 6.52. The van der Waals surface area contributed by atoms with Gasteiger partial charge in [-0.15, -0.1) is 0 Å². The van der Waals surface area contributed by atoms with Crippen LogP contribution in [0.5, 0.6) is 5.75 Å². The fourth-order valence-electron chi connectivity index (χ4n) is 4.50. The van der Waals surface area contributed by atoms with Crippen molar-refractivity contribution in [1.29, 1.82) is 0 Å². The summed E-state index contributed by atoms with van der Waals surface area (Å²) in [6.07, 6.45) is 4.64. The molecule has 1 fully saturated rings. The molecule has 1 atom stereocenters. The summed E-state index contributed by atoms with van der Waals surface area (Å²) >= 11 is 0. The molecule has 1 aliphatic rings. The number of piperidine rings is 1. The summed E-state index contributed by atoms with van der Waals surface area (Å²) in [7, 11) is 3.58. The minimum absolute atomic E-state index is 0.0544. The van der Waals surface area contributed by atoms with Gasteiger partial charge in [0.05, 0.1) is 12.8 Å². The van der Waals surface area contributed by atoms with E-state index in [4.69, 9.17) is 4.74 Å². The third-order valence-electron chi connectivity index (χ3n) is 6.52. The maximum atomic E-state index is 12.8. The van der Waals surface area contributed by atoms with Crippen LogP contribution in [0.2, 0.25) is 0 Å². The number of likely N-dealkylation sites (tertiary alicyclic amines) is 1. The number of aryl methyl sites for hydroxylation is 2. The standard InChI is InChI=1S/C25H36N4O3/c1-18-23(19(2)28(3)27-18)11-13-25(31)29-14-6-8-20(17-29)10-12-24(30)26-16-21-7-5-9-22(15-21)32-4/h5,7,9,15,20H,6,8,10-14,16-17H2,1-4H3,(H,26,30). The van der Waals surface area contributed by atoms with E-state index < -0.39 is 0 Å². The number of hydrogen-bond acceptors (Lipinski definition) is 4. The van der Waals surface area contributed by atoms with E-state index in [9.17, 15) is 9.59 Å². The molecule has 1 unspecified atom stereocenters. The summed E-state index contributed by atoms with van der Waals surface area (Å²) in [6.45, 7) is 6.13. The number of aromatic nitrogens is 2. The molecule has 0 bridgehead atoms. The summed E-state index contributed by atoms with van der Waals surface area (Å²) in [4.78, 5) is 27.1. The van der Waals surface area contributed by atoms with Crippen LogP contribution < -0.4 is 10.1 Å². The van der Waals surface area contributed by atoms with Gasteiger partial charge in [-0.3, -0.25) is 14.3 Å². The molecule has 2 aromatic rings. The Morgan fingerprint density at radius 1 is 1.25 bits per heavy atom. The molecule has 3 rings (SSSR count). The van der Waals surface area contributed by atoms with Crippen LogP contribution in [0, 0.1) is 19.8 Å². The molecular formula is C25H36N4O3. The highest BCUT2D eigenvalue weighted by atomic mass is 16.5. The largest absolute Gasteiger partial charge is 0.497 e. The molecule has 0 radical (unpaired) electrons. The van der Waals surface area contributed by atoms with Crippen LogP contribution in [0.15, 0.2) is 24.3 Å². The Labute approximate surface area is 191 Å². The molecular weight excluding hydrogens is 404 g/mol. The summed E-state index contributed by atoms with van der Waals surface area (Å²) in [5.74, 6) is 1.44. The summed E-state index contributed by atoms with van der Waals surface area (Å²) in [6, 6.07) is 7.71. The second-order valence-electron chi connectivity index (χ2n) is 8.79. The van der Waals surface area contributed by atoms with Crippen LogP contribution in [0.4, 0.5) is 0 Å². The lowest BCUT2D eigenvalue weighted by atomic mass is 9.93. The normalized spacial score (nSPS) is 16.1. The van der Waals surface area contributed by atoms with Gasteiger partial charge < -0.3 is 15.0 Å². The lowest BCUT2D eigenvalue weighted by Gasteiger charge is -2.33. The van der Waals surface area contributed by atoms with Gasteiger partial charge in [0.2, 0.25) is 11.8 Å². The molecule has 1 aliphatic heterocycles. The predicted octanol–water partition coefficient (Wildman–Crippen LogP) is 3.31. The van der Waals surface area contributed by atoms with Crippen molar-refractivity contribution in [2.75, 3.05) is 20.2 Å². The molecule has 1 N–H and O–H groups in total. The molecule has 1 aromatic carbocycles. The maximum Gasteiger partial charge on any atom is 0.222 e. The molecule has 2 amide bonds. The van der Waals surface area contributed by atoms with E-state index >= 15 is 0 Å². The highest BCUT2D eigenvalue weighted by Crippen LogP contribution is 2.23. The Kier molecular flexibility index (Phi) is 8.31. The fourth-order valence-corrected chi connectivity index (χ4v) is 4.50. The molecule has 0 spiro atoms. The van der Waals surface area contributed by atoms with E-state index in [0.29, 0.717) is 25.3 Å². The van der Waals surface area contributed by atoms with Crippen molar-refractivity contribution < 1.29 is 14.3 Å². The monoisotopic (exact) mass is 440 g/mol. The number of ether oxygens (including phenoxy) is 1. The number of carbonyl (C=O) groups excluding carboxylic acids is 2. The Balaban J connectivity index is 1.41. The van der Waals surface area contributed by atoms with Gasteiger partial charge >= 0.3 is 0 Å². The number of amides is 2. The fraction of sp³-hybridized carbons (Fsp3) is 0.560. The van der Waals surface area contributed by atoms with Crippen LogP contribution in [-0.2, 0) is 29.6 Å². The topological polar surface area (TPSA) is 76.5 Å². The van der Waals surface area contributed by atoms with Gasteiger partial charge in [-0.05, 0) is 68.7 Å². The minimum Gasteiger partial charge on any atom is -0.497 e. The van der Waals surface area contributed by atoms with Crippen molar-refractivity contribution in [2.45, 2.75) is 58.9 Å². The number of carbonyl (C=O) groups is 2. The first kappa shape index (κ1) is 23.8. The quantitative estimate of drug-likeness (QED) is 0.649. The van der Waals surface area contributed by atoms with Crippen LogP contribution in [-0.4, -0.2) is 46.7 Å². The first-order valence-electron chi connectivity index (χ1n) is 11.5. The van der Waals surface area contributed by atoms with Crippen molar-refractivity contribution >= 4 is 11.8 Å². The minimum atomic E-state index is 0.0544. The predicted molar refractivity (Wildman–Crippen MR) is 124 cm³/mol. The van der Waals surface area contributed by atoms with Gasteiger partial charge in [0.25, 0.3) is 0 Å². The summed E-state index contributed by atoms with van der Waals surface area (Å²) in [5.41, 5.74) is 4.34. The Hall–Kier alpha value is -2.83. The lowest BCUT2D eigenvalue weighted by Crippen LogP contribution is -2.40. The van der Waals surface area contributed by atoms with Gasteiger partial charge in [0.1, 0.15) is 5.75 Å². The average molecular weight is 441 g/mol. The zero-order valence-corrected chi connectivity index (χ0v) is 19.8. The Morgan fingerprint density at radius 3 is 2.78 bits per heavy atom. The van der Waals surface area contributed by atoms with Crippen LogP contribution in [0.3, 0.4) is 0 Å². The first-order valence-corrected chi connectivity index (χ1v) is 11.5. The Morgan fingerprint density at radius 2 is 2.06 bits per heavy atom. The number of nitrogens with zero attached hydrogens (tertiary/aromatic N) is 3. The number of methoxy groups -OCH3 is 1. The van der Waals surface area contributed by atoms with Crippen molar-refractivity contribution in [2.24, 2.45) is 13.0 Å². The zero-order chi connectivity index (χ0) is 23.1. The average Bonchev–Trinajstić information content (AvgIpc) is 3.05. The number of nitrogens with one attached hydrogen (secondary N) is 1. The van der Waals surface area contributed by atoms with Crippen molar-refractivity contribution in [3.8, 4) is 5.75 Å². The van der Waals surface area contributed by atoms with E-state index in [1.54, 1.807) is 7.11 Å². The van der Waals surface area contributed by atoms with Crippen molar-refractivity contribution in [3.05, 3.63) is 46.8 Å². The van der Waals surface area contributed by atoms with Crippen molar-refractivity contribution in [3.63, 3.8) is 0 Å². The molecule has 7 nitrogen and oxygen atoms in total. The Bertz CT molecular complexity index is 937. The van der Waals surface area contributed by atoms with Gasteiger partial charge in [-0.2, -0.15) is 5.10 Å². The van der Waals surface area contributed by atoms with E-state index in [-0.39, 0.29) is 11.8 Å². The first-order chi connectivity index (χ1) is 15.4. The van der Waals surface area contributed by atoms with Crippen molar-refractivity contribution in [1.82, 2.24) is 20.0 Å². The highest BCUT2D eigenvalue weighted by molar-refractivity contribution is 5.77. The molecule has 1 saturated heterocycles. The molecule has 174 valence electrons. The van der Waals surface area contributed by atoms with Gasteiger partial charge in [0.15, 0.2) is 0 Å². The van der Waals surface area contributed by atoms with Crippen LogP contribution >= 0.6 is 0 Å². The van der Waals surface area contributed by atoms with E-state index in [1.807, 2.05) is 47.8 Å². The number of hydrogen-bond donors (Lipinski definition) is 1. The van der Waals surface area contributed by atoms with Gasteiger partial charge in [-0.25, -0.2) is 0 Å². The summed E-state index contributed by atoms with van der Waals surface area (Å²) < 4.78 is 7.10. The molecule has 0 saturated carbocycles. The maximum absolute atomic E-state index is 12.8. The van der Waals surface area contributed by atoms with Crippen LogP contribution in [0.25, 0.3) is 0 Å². The second-order valence-corrected chi connectivity index (χ2v) is 8.79. The second kappa shape index (κ2) is 11.2. The zero-order valence-electron chi connectivity index (χ0n) is 19.8. The van der Waals surface area contributed by atoms with E-state index in [0.717, 1.165) is 61.5 Å². The molecule has 1 aromatic heterocycles. The highest BCUT2D eigenvalue weighted by Gasteiger charge is 2.24. The SMILES string of the molecule is COc1cccc(CNC(=O)CCC2CCCN(C(=O)CCc3c(C)nn(C)c3C)C2)c1. The number of rotatable bonds is 9. The molecule has 7 heteroatoms. The molecule has 2 heterocycles. The summed E-state index contributed by atoms with van der Waals surface area (Å²) in [5, 5.41) is 7.44. The number of benzene rings is 1. The lowest BCUT2D eigenvalue weighted by molar-refractivity contribution is -0.133. The molecule has 0 aliphatic carbocycles. The van der Waals surface area contributed by atoms with Gasteiger partial charge in [0, 0.05) is 45.2 Å². The third kappa shape index (κ3) is 6.34.